The molecule has 0 bridgehead atoms. The maximum Gasteiger partial charge on any atom is 0.128 e. The van der Waals surface area contributed by atoms with Crippen molar-refractivity contribution in [1.82, 2.24) is 0 Å². The first-order valence-electron chi connectivity index (χ1n) is 14.4. The Morgan fingerprint density at radius 3 is 1.41 bits per heavy atom. The summed E-state index contributed by atoms with van der Waals surface area (Å²) in [6.07, 6.45) is 1.45. The molecule has 0 saturated carbocycles. The van der Waals surface area contributed by atoms with Gasteiger partial charge in [-0.3, -0.25) is 0 Å². The molecule has 3 nitrogen and oxygen atoms in total. The molecular formula is C40H32N2OS. The smallest absolute Gasteiger partial charge is 0.128 e. The van der Waals surface area contributed by atoms with E-state index < -0.39 is 0 Å². The molecule has 0 amide bonds. The van der Waals surface area contributed by atoms with Crippen molar-refractivity contribution in [3.8, 4) is 16.9 Å². The van der Waals surface area contributed by atoms with Gasteiger partial charge >= 0.3 is 0 Å². The number of thioether (sulfide) groups is 1. The molecule has 0 saturated heterocycles. The van der Waals surface area contributed by atoms with Crippen LogP contribution in [0.4, 0.5) is 34.1 Å². The molecule has 0 unspecified atom stereocenters. The lowest BCUT2D eigenvalue weighted by Gasteiger charge is -2.26. The molecule has 214 valence electrons. The van der Waals surface area contributed by atoms with E-state index >= 15 is 0 Å². The zero-order valence-corrected chi connectivity index (χ0v) is 25.1. The number of hydrogen-bond acceptors (Lipinski definition) is 4. The fraction of sp³-hybridized carbons (Fsp3) is 0. The highest BCUT2D eigenvalue weighted by Gasteiger charge is 2.15. The van der Waals surface area contributed by atoms with Gasteiger partial charge in [0.15, 0.2) is 0 Å². The summed E-state index contributed by atoms with van der Waals surface area (Å²) in [4.78, 5) is 5.65. The Kier molecular flexibility index (Phi) is 8.91. The third kappa shape index (κ3) is 6.46. The fourth-order valence-corrected chi connectivity index (χ4v) is 5.78. The lowest BCUT2D eigenvalue weighted by atomic mass is 10.0. The van der Waals surface area contributed by atoms with Crippen LogP contribution in [-0.2, 0) is 0 Å². The minimum Gasteiger partial charge on any atom is -0.466 e. The normalized spacial score (nSPS) is 10.5. The van der Waals surface area contributed by atoms with Crippen LogP contribution in [-0.4, -0.2) is 0 Å². The van der Waals surface area contributed by atoms with Gasteiger partial charge < -0.3 is 14.5 Å². The molecule has 44 heavy (non-hydrogen) atoms. The summed E-state index contributed by atoms with van der Waals surface area (Å²) in [5, 5.41) is 1.86. The summed E-state index contributed by atoms with van der Waals surface area (Å²) in [5.41, 5.74) is 8.72. The highest BCUT2D eigenvalue weighted by Crippen LogP contribution is 2.39. The third-order valence-corrected chi connectivity index (χ3v) is 7.90. The van der Waals surface area contributed by atoms with E-state index in [1.54, 1.807) is 11.8 Å². The summed E-state index contributed by atoms with van der Waals surface area (Å²) < 4.78 is 5.57. The minimum atomic E-state index is 0.742. The molecule has 0 aliphatic rings. The second-order valence-electron chi connectivity index (χ2n) is 10.00. The highest BCUT2D eigenvalue weighted by molar-refractivity contribution is 8.02. The maximum atomic E-state index is 5.57. The van der Waals surface area contributed by atoms with Gasteiger partial charge in [-0.1, -0.05) is 97.7 Å². The molecule has 0 radical (unpaired) electrons. The van der Waals surface area contributed by atoms with Crippen LogP contribution in [0.25, 0.3) is 11.1 Å². The summed E-state index contributed by atoms with van der Waals surface area (Å²) in [7, 11) is 0. The molecule has 6 aromatic rings. The van der Waals surface area contributed by atoms with E-state index in [1.807, 2.05) is 35.7 Å². The van der Waals surface area contributed by atoms with Crippen molar-refractivity contribution in [2.24, 2.45) is 0 Å². The molecule has 0 N–H and O–H groups in total. The summed E-state index contributed by atoms with van der Waals surface area (Å²) in [5.74, 6) is 0.742. The van der Waals surface area contributed by atoms with Crippen LogP contribution in [0.15, 0.2) is 187 Å². The van der Waals surface area contributed by atoms with Gasteiger partial charge in [-0.15, -0.1) is 0 Å². The van der Waals surface area contributed by atoms with Gasteiger partial charge in [0.05, 0.1) is 6.26 Å². The molecule has 0 heterocycles. The predicted octanol–water partition coefficient (Wildman–Crippen LogP) is 12.1. The van der Waals surface area contributed by atoms with Crippen LogP contribution >= 0.6 is 11.8 Å². The maximum absolute atomic E-state index is 5.57. The largest absolute Gasteiger partial charge is 0.466 e. The Balaban J connectivity index is 1.32. The number of benzene rings is 6. The number of ether oxygens (including phenoxy) is 1. The SMILES string of the molecule is C=COc1cccc(N(c2ccccc2)c2ccc(-c3ccc(N(c4ccccc4)c4cccc(SC=C)c4)cc3)cc2)c1. The monoisotopic (exact) mass is 588 g/mol. The van der Waals surface area contributed by atoms with Gasteiger partial charge in [-0.05, 0) is 95.4 Å². The molecule has 0 aliphatic carbocycles. The number of rotatable bonds is 11. The Morgan fingerprint density at radius 1 is 0.455 bits per heavy atom. The van der Waals surface area contributed by atoms with Gasteiger partial charge in [0.25, 0.3) is 0 Å². The first kappa shape index (κ1) is 28.7. The molecule has 4 heteroatoms. The van der Waals surface area contributed by atoms with Gasteiger partial charge in [-0.2, -0.15) is 0 Å². The Bertz CT molecular complexity index is 1700. The first-order valence-corrected chi connectivity index (χ1v) is 15.3. The zero-order valence-electron chi connectivity index (χ0n) is 24.3. The van der Waals surface area contributed by atoms with Crippen LogP contribution < -0.4 is 14.5 Å². The van der Waals surface area contributed by atoms with Gasteiger partial charge in [0, 0.05) is 45.1 Å². The van der Waals surface area contributed by atoms with Crippen molar-refractivity contribution < 1.29 is 4.74 Å². The van der Waals surface area contributed by atoms with Crippen molar-refractivity contribution >= 4 is 45.9 Å². The topological polar surface area (TPSA) is 15.7 Å². The Hall–Kier alpha value is -5.45. The molecule has 0 fully saturated rings. The van der Waals surface area contributed by atoms with Crippen molar-refractivity contribution in [3.63, 3.8) is 0 Å². The Labute approximate surface area is 264 Å². The molecule has 0 atom stereocenters. The first-order chi connectivity index (χ1) is 21.7. The standard InChI is InChI=1S/C40H32N2OS/c1-3-43-39-19-11-17-37(29-39)41(33-13-7-5-8-14-33)35-25-21-31(22-26-35)32-23-27-36(28-24-32)42(34-15-9-6-10-16-34)38-18-12-20-40(30-38)44-4-2/h3-30H,1-2H2. The van der Waals surface area contributed by atoms with Gasteiger partial charge in [0.1, 0.15) is 5.75 Å². The van der Waals surface area contributed by atoms with Gasteiger partial charge in [0.2, 0.25) is 0 Å². The van der Waals surface area contributed by atoms with Crippen LogP contribution in [0, 0.1) is 0 Å². The molecule has 6 aromatic carbocycles. The summed E-state index contributed by atoms with van der Waals surface area (Å²) in [6, 6.07) is 54.8. The number of anilines is 6. The molecule has 0 aromatic heterocycles. The number of nitrogens with zero attached hydrogens (tertiary/aromatic N) is 2. The average Bonchev–Trinajstić information content (AvgIpc) is 3.08. The van der Waals surface area contributed by atoms with E-state index in [9.17, 15) is 0 Å². The zero-order chi connectivity index (χ0) is 30.1. The minimum absolute atomic E-state index is 0.742. The predicted molar refractivity (Wildman–Crippen MR) is 188 cm³/mol. The van der Waals surface area contributed by atoms with Crippen LogP contribution in [0.2, 0.25) is 0 Å². The van der Waals surface area contributed by atoms with Crippen molar-refractivity contribution in [2.45, 2.75) is 4.90 Å². The average molecular weight is 589 g/mol. The summed E-state index contributed by atoms with van der Waals surface area (Å²) >= 11 is 1.62. The molecule has 0 aliphatic heterocycles. The van der Waals surface area contributed by atoms with Crippen molar-refractivity contribution in [3.05, 3.63) is 183 Å². The second kappa shape index (κ2) is 13.7. The van der Waals surface area contributed by atoms with E-state index in [-0.39, 0.29) is 0 Å². The number of hydrogen-bond donors (Lipinski definition) is 0. The van der Waals surface area contributed by atoms with E-state index in [0.717, 1.165) is 55.9 Å². The quantitative estimate of drug-likeness (QED) is 0.110. The van der Waals surface area contributed by atoms with Crippen LogP contribution in [0.3, 0.4) is 0 Å². The molecular weight excluding hydrogens is 557 g/mol. The van der Waals surface area contributed by atoms with Gasteiger partial charge in [-0.25, -0.2) is 0 Å². The van der Waals surface area contributed by atoms with E-state index in [2.05, 4.69) is 150 Å². The summed E-state index contributed by atoms with van der Waals surface area (Å²) in [6.45, 7) is 7.58. The Morgan fingerprint density at radius 2 is 0.909 bits per heavy atom. The van der Waals surface area contributed by atoms with Crippen LogP contribution in [0.5, 0.6) is 5.75 Å². The molecule has 0 spiro atoms. The second-order valence-corrected chi connectivity index (χ2v) is 11.0. The van der Waals surface area contributed by atoms with E-state index in [4.69, 9.17) is 4.74 Å². The number of para-hydroxylation sites is 2. The van der Waals surface area contributed by atoms with Crippen LogP contribution in [0.1, 0.15) is 0 Å². The van der Waals surface area contributed by atoms with Crippen molar-refractivity contribution in [2.75, 3.05) is 9.80 Å². The molecule has 6 rings (SSSR count). The fourth-order valence-electron chi connectivity index (χ4n) is 5.24. The lowest BCUT2D eigenvalue weighted by Crippen LogP contribution is -2.10. The highest BCUT2D eigenvalue weighted by atomic mass is 32.2. The third-order valence-electron chi connectivity index (χ3n) is 7.20. The van der Waals surface area contributed by atoms with E-state index in [0.29, 0.717) is 0 Å². The lowest BCUT2D eigenvalue weighted by molar-refractivity contribution is 0.483. The van der Waals surface area contributed by atoms with E-state index in [1.165, 1.54) is 6.26 Å². The van der Waals surface area contributed by atoms with Crippen molar-refractivity contribution in [1.29, 1.82) is 0 Å².